The minimum Gasteiger partial charge on any atom is -0.508 e. The molecule has 1 aromatic heterocycles. The maximum Gasteiger partial charge on any atom is 0.299 e. The Kier molecular flexibility index (Phi) is 4.87. The summed E-state index contributed by atoms with van der Waals surface area (Å²) in [6.45, 7) is 1.59. The van der Waals surface area contributed by atoms with Crippen molar-refractivity contribution in [1.82, 2.24) is 9.78 Å². The summed E-state index contributed by atoms with van der Waals surface area (Å²) in [5, 5.41) is 20.0. The molecule has 3 rings (SSSR count). The molecule has 0 saturated heterocycles. The van der Waals surface area contributed by atoms with Crippen LogP contribution in [0.3, 0.4) is 0 Å². The summed E-state index contributed by atoms with van der Waals surface area (Å²) in [5.41, 5.74) is 0.216. The molecule has 2 aromatic carbocycles. The molecule has 0 aliphatic carbocycles. The predicted octanol–water partition coefficient (Wildman–Crippen LogP) is 3.50. The number of halogens is 1. The van der Waals surface area contributed by atoms with E-state index in [0.29, 0.717) is 11.4 Å². The first-order chi connectivity index (χ1) is 12.7. The number of phenolic OH excluding ortho intramolecular Hbond substituents is 1. The van der Waals surface area contributed by atoms with Crippen LogP contribution >= 0.6 is 11.6 Å². The molecular formula is C16H13ClN4O5S. The van der Waals surface area contributed by atoms with Gasteiger partial charge >= 0.3 is 0 Å². The van der Waals surface area contributed by atoms with Crippen molar-refractivity contribution in [3.63, 3.8) is 0 Å². The fourth-order valence-corrected chi connectivity index (χ4v) is 2.98. The summed E-state index contributed by atoms with van der Waals surface area (Å²) in [5.74, 6) is 0.0718. The maximum atomic E-state index is 12.6. The molecular weight excluding hydrogens is 396 g/mol. The summed E-state index contributed by atoms with van der Waals surface area (Å²) in [4.78, 5) is 12.2. The molecule has 27 heavy (non-hydrogen) atoms. The molecule has 11 heteroatoms. The lowest BCUT2D eigenvalue weighted by atomic mass is 10.3. The lowest BCUT2D eigenvalue weighted by molar-refractivity contribution is 0.475. The average Bonchev–Trinajstić information content (AvgIpc) is 2.88. The van der Waals surface area contributed by atoms with Gasteiger partial charge < -0.3 is 5.11 Å². The monoisotopic (exact) mass is 408 g/mol. The van der Waals surface area contributed by atoms with Gasteiger partial charge in [-0.05, 0) is 49.4 Å². The zero-order valence-corrected chi connectivity index (χ0v) is 15.4. The number of aryl methyl sites for hydroxylation is 1. The number of aromatic nitrogens is 2. The van der Waals surface area contributed by atoms with Crippen LogP contribution in [0.4, 0.5) is 11.4 Å². The number of nitrogens with one attached hydrogen (secondary N) is 1. The predicted molar refractivity (Wildman–Crippen MR) is 98.2 cm³/mol. The van der Waals surface area contributed by atoms with Crippen LogP contribution in [0.5, 0.6) is 5.75 Å². The molecule has 0 amide bonds. The van der Waals surface area contributed by atoms with Crippen molar-refractivity contribution in [3.8, 4) is 11.4 Å². The van der Waals surface area contributed by atoms with Gasteiger partial charge in [-0.1, -0.05) is 11.6 Å². The zero-order chi connectivity index (χ0) is 19.8. The summed E-state index contributed by atoms with van der Waals surface area (Å²) < 4.78 is 32.9. The van der Waals surface area contributed by atoms with Crippen LogP contribution < -0.4 is 5.56 Å². The fraction of sp³-hybridized carbons (Fsp3) is 0.0625. The molecule has 0 bridgehead atoms. The Morgan fingerprint density at radius 2 is 1.78 bits per heavy atom. The quantitative estimate of drug-likeness (QED) is 0.448. The third-order valence-electron chi connectivity index (χ3n) is 3.61. The number of benzene rings is 2. The molecule has 0 radical (unpaired) electrons. The largest absolute Gasteiger partial charge is 0.508 e. The number of rotatable bonds is 4. The maximum absolute atomic E-state index is 12.6. The van der Waals surface area contributed by atoms with Crippen LogP contribution in [0, 0.1) is 6.92 Å². The highest BCUT2D eigenvalue weighted by Crippen LogP contribution is 2.25. The van der Waals surface area contributed by atoms with E-state index in [4.69, 9.17) is 11.6 Å². The van der Waals surface area contributed by atoms with Crippen molar-refractivity contribution in [2.75, 3.05) is 0 Å². The molecule has 0 saturated carbocycles. The minimum atomic E-state index is -4.47. The smallest absolute Gasteiger partial charge is 0.299 e. The Morgan fingerprint density at radius 1 is 1.11 bits per heavy atom. The van der Waals surface area contributed by atoms with Crippen molar-refractivity contribution in [2.45, 2.75) is 11.8 Å². The first kappa shape index (κ1) is 18.8. The molecule has 140 valence electrons. The van der Waals surface area contributed by atoms with Gasteiger partial charge in [0.2, 0.25) is 0 Å². The normalized spacial score (nSPS) is 12.0. The Morgan fingerprint density at radius 3 is 2.41 bits per heavy atom. The van der Waals surface area contributed by atoms with Crippen LogP contribution in [0.1, 0.15) is 5.69 Å². The summed E-state index contributed by atoms with van der Waals surface area (Å²) in [7, 11) is -4.47. The van der Waals surface area contributed by atoms with Gasteiger partial charge in [0.15, 0.2) is 5.69 Å². The van der Waals surface area contributed by atoms with Gasteiger partial charge in [0.25, 0.3) is 15.7 Å². The highest BCUT2D eigenvalue weighted by molar-refractivity contribution is 7.85. The molecule has 0 atom stereocenters. The molecule has 0 fully saturated rings. The lowest BCUT2D eigenvalue weighted by Gasteiger charge is -2.06. The van der Waals surface area contributed by atoms with E-state index in [9.17, 15) is 22.9 Å². The van der Waals surface area contributed by atoms with Gasteiger partial charge in [0, 0.05) is 0 Å². The van der Waals surface area contributed by atoms with Gasteiger partial charge in [0.1, 0.15) is 5.75 Å². The van der Waals surface area contributed by atoms with E-state index in [1.54, 1.807) is 6.92 Å². The van der Waals surface area contributed by atoms with Gasteiger partial charge in [-0.15, -0.1) is 5.11 Å². The van der Waals surface area contributed by atoms with E-state index in [-0.39, 0.29) is 22.1 Å². The molecule has 0 aliphatic rings. The highest BCUT2D eigenvalue weighted by atomic mass is 35.5. The van der Waals surface area contributed by atoms with Crippen LogP contribution in [0.25, 0.3) is 5.69 Å². The Balaban J connectivity index is 2.07. The first-order valence-corrected chi connectivity index (χ1v) is 9.28. The lowest BCUT2D eigenvalue weighted by Crippen LogP contribution is -2.15. The minimum absolute atomic E-state index is 0.00333. The first-order valence-electron chi connectivity index (χ1n) is 7.46. The van der Waals surface area contributed by atoms with Crippen molar-refractivity contribution in [1.29, 1.82) is 0 Å². The average molecular weight is 409 g/mol. The number of nitrogens with zero attached hydrogens (tertiary/aromatic N) is 3. The molecule has 0 spiro atoms. The number of aromatic hydroxyl groups is 1. The summed E-state index contributed by atoms with van der Waals surface area (Å²) in [6.07, 6.45) is 0. The molecule has 1 heterocycles. The number of azo groups is 1. The Labute approximate surface area is 158 Å². The van der Waals surface area contributed by atoms with E-state index in [1.165, 1.54) is 30.3 Å². The van der Waals surface area contributed by atoms with E-state index < -0.39 is 20.6 Å². The van der Waals surface area contributed by atoms with Crippen LogP contribution in [0.15, 0.2) is 62.4 Å². The number of hydrogen-bond donors (Lipinski definition) is 3. The molecule has 0 aliphatic heterocycles. The second kappa shape index (κ2) is 6.99. The summed E-state index contributed by atoms with van der Waals surface area (Å²) >= 11 is 6.07. The van der Waals surface area contributed by atoms with E-state index >= 15 is 0 Å². The van der Waals surface area contributed by atoms with Crippen LogP contribution in [-0.2, 0) is 10.1 Å². The molecule has 0 unspecified atom stereocenters. The second-order valence-electron chi connectivity index (χ2n) is 5.53. The van der Waals surface area contributed by atoms with Crippen molar-refractivity contribution < 1.29 is 18.1 Å². The molecule has 9 nitrogen and oxygen atoms in total. The SMILES string of the molecule is Cc1[nH]n(-c2cc(S(=O)(=O)O)ccc2Cl)c(=O)c1N=Nc1ccc(O)cc1. The van der Waals surface area contributed by atoms with Crippen molar-refractivity contribution >= 4 is 33.1 Å². The zero-order valence-electron chi connectivity index (χ0n) is 13.8. The fourth-order valence-electron chi connectivity index (χ4n) is 2.28. The van der Waals surface area contributed by atoms with E-state index in [0.717, 1.165) is 16.8 Å². The number of H-pyrrole nitrogens is 1. The van der Waals surface area contributed by atoms with Crippen LogP contribution in [0.2, 0.25) is 5.02 Å². The Bertz CT molecular complexity index is 1200. The number of phenols is 1. The third-order valence-corrected chi connectivity index (χ3v) is 4.78. The van der Waals surface area contributed by atoms with Gasteiger partial charge in [-0.3, -0.25) is 14.4 Å². The number of aromatic amines is 1. The highest BCUT2D eigenvalue weighted by Gasteiger charge is 2.18. The third kappa shape index (κ3) is 3.92. The Hall–Kier alpha value is -2.95. The topological polar surface area (TPSA) is 137 Å². The van der Waals surface area contributed by atoms with Crippen molar-refractivity contribution in [2.24, 2.45) is 10.2 Å². The number of hydrogen-bond acceptors (Lipinski definition) is 6. The summed E-state index contributed by atoms with van der Waals surface area (Å²) in [6, 6.07) is 9.33. The van der Waals surface area contributed by atoms with Gasteiger partial charge in [-0.2, -0.15) is 13.5 Å². The standard InChI is InChI=1S/C16H13ClN4O5S/c1-9-15(19-18-10-2-4-11(22)5-3-10)16(23)21(20-9)14-8-12(27(24,25)26)6-7-13(14)17/h2-8,20,22H,1H3,(H,24,25,26). The van der Waals surface area contributed by atoms with Crippen LogP contribution in [-0.4, -0.2) is 27.9 Å². The van der Waals surface area contributed by atoms with Gasteiger partial charge in [0.05, 0.1) is 27.0 Å². The van der Waals surface area contributed by atoms with E-state index in [2.05, 4.69) is 15.3 Å². The van der Waals surface area contributed by atoms with Crippen molar-refractivity contribution in [3.05, 3.63) is 63.5 Å². The molecule has 3 aromatic rings. The van der Waals surface area contributed by atoms with E-state index in [1.807, 2.05) is 0 Å². The molecule has 3 N–H and O–H groups in total. The van der Waals surface area contributed by atoms with Gasteiger partial charge in [-0.25, -0.2) is 4.68 Å². The second-order valence-corrected chi connectivity index (χ2v) is 7.36.